The molecule has 0 unspecified atom stereocenters. The van der Waals surface area contributed by atoms with E-state index >= 15 is 0 Å². The van der Waals surface area contributed by atoms with Gasteiger partial charge in [0.1, 0.15) is 0 Å². The number of benzene rings is 10. The summed E-state index contributed by atoms with van der Waals surface area (Å²) in [6.45, 7) is 8.10. The molecule has 0 aliphatic rings. The van der Waals surface area contributed by atoms with Crippen LogP contribution in [0, 0.1) is 0 Å². The molecule has 2 nitrogen and oxygen atoms in total. The number of nitrogens with zero attached hydrogens (tertiary/aromatic N) is 2. The normalized spacial score (nSPS) is 10.8. The zero-order valence-electron chi connectivity index (χ0n) is 36.7. The van der Waals surface area contributed by atoms with Crippen molar-refractivity contribution in [2.45, 2.75) is 0 Å². The lowest BCUT2D eigenvalue weighted by Gasteiger charge is -2.27. The Morgan fingerprint density at radius 1 is 0.212 bits per heavy atom. The van der Waals surface area contributed by atoms with Crippen molar-refractivity contribution in [1.82, 2.24) is 0 Å². The highest BCUT2D eigenvalue weighted by molar-refractivity contribution is 5.84. The van der Waals surface area contributed by atoms with Crippen LogP contribution in [0.1, 0.15) is 11.1 Å². The standard InChI is InChI=1S/C64H48N2/c1-3-47-13-11-19-63(45-47)65(59-37-29-55(30-38-59)53-25-21-51(22-26-53)49-15-7-5-8-16-49)61-41-33-57(34-42-61)58-35-43-62(44-36-58)66(64-20-12-14-48(4-2)46-64)60-39-31-56(32-40-60)54-27-23-52(24-28-54)50-17-9-6-10-18-50/h3-46H,1-2H2. The monoisotopic (exact) mass is 844 g/mol. The van der Waals surface area contributed by atoms with Gasteiger partial charge in [-0.3, -0.25) is 0 Å². The molecule has 10 rings (SSSR count). The summed E-state index contributed by atoms with van der Waals surface area (Å²) in [5.41, 5.74) is 20.4. The first kappa shape index (κ1) is 41.3. The smallest absolute Gasteiger partial charge is 0.0467 e. The minimum Gasteiger partial charge on any atom is -0.310 e. The molecule has 0 N–H and O–H groups in total. The first-order chi connectivity index (χ1) is 32.6. The molecule has 10 aromatic carbocycles. The van der Waals surface area contributed by atoms with Crippen LogP contribution in [-0.4, -0.2) is 0 Å². The third-order valence-electron chi connectivity index (χ3n) is 12.2. The summed E-state index contributed by atoms with van der Waals surface area (Å²) in [5, 5.41) is 0. The lowest BCUT2D eigenvalue weighted by Crippen LogP contribution is -2.10. The highest BCUT2D eigenvalue weighted by Crippen LogP contribution is 2.40. The SMILES string of the molecule is C=Cc1cccc(N(c2ccc(-c3ccc(-c4ccccc4)cc3)cc2)c2ccc(-c3ccc(N(c4ccc(-c5ccc(-c6ccccc6)cc5)cc4)c4cccc(C=C)c4)cc3)cc2)c1. The average Bonchev–Trinajstić information content (AvgIpc) is 3.40. The average molecular weight is 845 g/mol. The topological polar surface area (TPSA) is 6.48 Å². The van der Waals surface area contributed by atoms with Gasteiger partial charge in [-0.05, 0) is 140 Å². The van der Waals surface area contributed by atoms with Gasteiger partial charge < -0.3 is 9.80 Å². The van der Waals surface area contributed by atoms with Crippen LogP contribution in [0.3, 0.4) is 0 Å². The van der Waals surface area contributed by atoms with Gasteiger partial charge in [0.2, 0.25) is 0 Å². The van der Waals surface area contributed by atoms with Crippen LogP contribution in [0.25, 0.3) is 67.8 Å². The maximum absolute atomic E-state index is 4.05. The summed E-state index contributed by atoms with van der Waals surface area (Å²) < 4.78 is 0. The summed E-state index contributed by atoms with van der Waals surface area (Å²) in [7, 11) is 0. The van der Waals surface area contributed by atoms with E-state index in [2.05, 4.69) is 278 Å². The van der Waals surface area contributed by atoms with Gasteiger partial charge in [-0.15, -0.1) is 0 Å². The first-order valence-corrected chi connectivity index (χ1v) is 22.4. The molecule has 0 saturated carbocycles. The van der Waals surface area contributed by atoms with Crippen molar-refractivity contribution in [2.75, 3.05) is 9.80 Å². The van der Waals surface area contributed by atoms with Gasteiger partial charge in [-0.2, -0.15) is 0 Å². The fourth-order valence-corrected chi connectivity index (χ4v) is 8.66. The van der Waals surface area contributed by atoms with Gasteiger partial charge >= 0.3 is 0 Å². The lowest BCUT2D eigenvalue weighted by molar-refractivity contribution is 1.28. The van der Waals surface area contributed by atoms with E-state index < -0.39 is 0 Å². The molecule has 0 aliphatic carbocycles. The molecule has 314 valence electrons. The molecular weight excluding hydrogens is 797 g/mol. The van der Waals surface area contributed by atoms with Crippen LogP contribution in [0.15, 0.2) is 268 Å². The molecule has 66 heavy (non-hydrogen) atoms. The second-order valence-electron chi connectivity index (χ2n) is 16.3. The van der Waals surface area contributed by atoms with E-state index in [-0.39, 0.29) is 0 Å². The van der Waals surface area contributed by atoms with Crippen LogP contribution < -0.4 is 9.80 Å². The summed E-state index contributed by atoms with van der Waals surface area (Å²) in [6.07, 6.45) is 3.80. The van der Waals surface area contributed by atoms with Crippen LogP contribution in [0.5, 0.6) is 0 Å². The van der Waals surface area contributed by atoms with Gasteiger partial charge in [-0.1, -0.05) is 207 Å². The third kappa shape index (κ3) is 8.90. The van der Waals surface area contributed by atoms with E-state index in [1.165, 1.54) is 44.5 Å². The molecule has 10 aromatic rings. The number of rotatable bonds is 13. The summed E-state index contributed by atoms with van der Waals surface area (Å²) >= 11 is 0. The molecule has 0 bridgehead atoms. The van der Waals surface area contributed by atoms with Gasteiger partial charge in [0.15, 0.2) is 0 Å². The minimum atomic E-state index is 1.07. The molecule has 0 saturated heterocycles. The maximum atomic E-state index is 4.05. The van der Waals surface area contributed by atoms with Gasteiger partial charge in [-0.25, -0.2) is 0 Å². The predicted octanol–water partition coefficient (Wildman–Crippen LogP) is 18.2. The maximum Gasteiger partial charge on any atom is 0.0467 e. The molecule has 0 spiro atoms. The number of hydrogen-bond acceptors (Lipinski definition) is 2. The van der Waals surface area contributed by atoms with Crippen molar-refractivity contribution in [1.29, 1.82) is 0 Å². The highest BCUT2D eigenvalue weighted by Gasteiger charge is 2.16. The van der Waals surface area contributed by atoms with Crippen molar-refractivity contribution in [3.8, 4) is 55.6 Å². The van der Waals surface area contributed by atoms with E-state index in [9.17, 15) is 0 Å². The predicted molar refractivity (Wildman–Crippen MR) is 283 cm³/mol. The summed E-state index contributed by atoms with van der Waals surface area (Å²) in [6, 6.07) is 91.1. The zero-order chi connectivity index (χ0) is 44.7. The quantitative estimate of drug-likeness (QED) is 0.114. The van der Waals surface area contributed by atoms with Gasteiger partial charge in [0.05, 0.1) is 0 Å². The molecular formula is C64H48N2. The van der Waals surface area contributed by atoms with Crippen molar-refractivity contribution in [3.05, 3.63) is 279 Å². The van der Waals surface area contributed by atoms with E-state index in [1.807, 2.05) is 12.2 Å². The van der Waals surface area contributed by atoms with E-state index in [0.717, 1.165) is 56.4 Å². The molecule has 0 aromatic heterocycles. The second-order valence-corrected chi connectivity index (χ2v) is 16.3. The molecule has 0 radical (unpaired) electrons. The molecule has 0 amide bonds. The number of hydrogen-bond donors (Lipinski definition) is 0. The lowest BCUT2D eigenvalue weighted by atomic mass is 10.00. The second kappa shape index (κ2) is 18.9. The molecule has 0 atom stereocenters. The highest BCUT2D eigenvalue weighted by atomic mass is 15.1. The third-order valence-corrected chi connectivity index (χ3v) is 12.2. The molecule has 0 fully saturated rings. The molecule has 2 heteroatoms. The minimum absolute atomic E-state index is 1.07. The van der Waals surface area contributed by atoms with Crippen molar-refractivity contribution in [3.63, 3.8) is 0 Å². The van der Waals surface area contributed by atoms with Crippen molar-refractivity contribution in [2.24, 2.45) is 0 Å². The van der Waals surface area contributed by atoms with Gasteiger partial charge in [0, 0.05) is 34.1 Å². The van der Waals surface area contributed by atoms with Crippen LogP contribution in [0.2, 0.25) is 0 Å². The Morgan fingerprint density at radius 3 is 0.682 bits per heavy atom. The van der Waals surface area contributed by atoms with Crippen LogP contribution >= 0.6 is 0 Å². The van der Waals surface area contributed by atoms with E-state index in [1.54, 1.807) is 0 Å². The van der Waals surface area contributed by atoms with Crippen LogP contribution in [0.4, 0.5) is 34.1 Å². The Hall–Kier alpha value is -8.72. The Kier molecular flexibility index (Phi) is 11.9. The first-order valence-electron chi connectivity index (χ1n) is 22.4. The Bertz CT molecular complexity index is 2980. The summed E-state index contributed by atoms with van der Waals surface area (Å²) in [5.74, 6) is 0. The fourth-order valence-electron chi connectivity index (χ4n) is 8.66. The largest absolute Gasteiger partial charge is 0.310 e. The van der Waals surface area contributed by atoms with Gasteiger partial charge in [0.25, 0.3) is 0 Å². The summed E-state index contributed by atoms with van der Waals surface area (Å²) in [4.78, 5) is 4.62. The van der Waals surface area contributed by atoms with Crippen LogP contribution in [-0.2, 0) is 0 Å². The van der Waals surface area contributed by atoms with Crippen molar-refractivity contribution >= 4 is 46.3 Å². The Balaban J connectivity index is 0.917. The molecule has 0 heterocycles. The van der Waals surface area contributed by atoms with Crippen molar-refractivity contribution < 1.29 is 0 Å². The fraction of sp³-hybridized carbons (Fsp3) is 0. The Morgan fingerprint density at radius 2 is 0.439 bits per heavy atom. The number of anilines is 6. The Labute approximate surface area is 389 Å². The zero-order valence-corrected chi connectivity index (χ0v) is 36.7. The molecule has 0 aliphatic heterocycles. The van der Waals surface area contributed by atoms with E-state index in [0.29, 0.717) is 0 Å². The van der Waals surface area contributed by atoms with E-state index in [4.69, 9.17) is 0 Å².